The van der Waals surface area contributed by atoms with E-state index < -0.39 is 0 Å². The second kappa shape index (κ2) is 8.83. The molecule has 0 spiro atoms. The molecule has 1 heterocycles. The normalized spacial score (nSPS) is 11.0. The van der Waals surface area contributed by atoms with Gasteiger partial charge in [0.1, 0.15) is 0 Å². The van der Waals surface area contributed by atoms with Crippen molar-refractivity contribution in [2.24, 2.45) is 5.92 Å². The van der Waals surface area contributed by atoms with Gasteiger partial charge in [0.05, 0.1) is 6.61 Å². The van der Waals surface area contributed by atoms with Crippen LogP contribution in [0, 0.1) is 5.92 Å². The molecule has 6 heteroatoms. The average Bonchev–Trinajstić information content (AvgIpc) is 2.97. The van der Waals surface area contributed by atoms with Gasteiger partial charge in [-0.15, -0.1) is 5.10 Å². The summed E-state index contributed by atoms with van der Waals surface area (Å²) in [5, 5.41) is 4.85. The fraction of sp³-hybridized carbons (Fsp3) is 0.500. The largest absolute Gasteiger partial charge is 0.462 e. The van der Waals surface area contributed by atoms with Gasteiger partial charge in [-0.1, -0.05) is 57.3 Å². The molecule has 0 aliphatic carbocycles. The number of halogens is 1. The lowest BCUT2D eigenvalue weighted by Gasteiger charge is -2.04. The van der Waals surface area contributed by atoms with E-state index in [1.807, 2.05) is 26.0 Å². The fourth-order valence-electron chi connectivity index (χ4n) is 2.22. The molecule has 0 radical (unpaired) electrons. The zero-order chi connectivity index (χ0) is 17.5. The van der Waals surface area contributed by atoms with Crippen LogP contribution in [0.5, 0.6) is 6.01 Å². The molecule has 0 saturated heterocycles. The van der Waals surface area contributed by atoms with Crippen molar-refractivity contribution in [3.8, 4) is 17.4 Å². The van der Waals surface area contributed by atoms with E-state index in [1.165, 1.54) is 4.68 Å². The molecule has 2 aromatic rings. The quantitative estimate of drug-likeness (QED) is 0.639. The van der Waals surface area contributed by atoms with Crippen molar-refractivity contribution in [2.75, 3.05) is 6.61 Å². The minimum atomic E-state index is -0.0784. The number of ether oxygens (including phenoxy) is 1. The van der Waals surface area contributed by atoms with Crippen LogP contribution in [-0.4, -0.2) is 27.3 Å². The number of hydrogen-bond acceptors (Lipinski definition) is 4. The summed E-state index contributed by atoms with van der Waals surface area (Å²) in [5.74, 6) is 0.745. The Kier molecular flexibility index (Phi) is 6.79. The molecule has 0 aliphatic heterocycles. The molecule has 0 atom stereocenters. The third-order valence-corrected chi connectivity index (χ3v) is 3.68. The van der Waals surface area contributed by atoms with Gasteiger partial charge in [0.15, 0.2) is 5.82 Å². The number of aromatic nitrogens is 3. The van der Waals surface area contributed by atoms with Crippen molar-refractivity contribution in [1.82, 2.24) is 14.8 Å². The van der Waals surface area contributed by atoms with Gasteiger partial charge >= 0.3 is 6.01 Å². The van der Waals surface area contributed by atoms with Gasteiger partial charge in [-0.05, 0) is 24.5 Å². The minimum absolute atomic E-state index is 0.0784. The van der Waals surface area contributed by atoms with E-state index in [9.17, 15) is 4.79 Å². The minimum Gasteiger partial charge on any atom is -0.462 e. The van der Waals surface area contributed by atoms with Crippen molar-refractivity contribution in [3.63, 3.8) is 0 Å². The first-order valence-corrected chi connectivity index (χ1v) is 8.78. The van der Waals surface area contributed by atoms with Crippen LogP contribution in [0.1, 0.15) is 51.2 Å². The third-order valence-electron chi connectivity index (χ3n) is 3.45. The summed E-state index contributed by atoms with van der Waals surface area (Å²) in [5.41, 5.74) is 0.748. The SMILES string of the molecule is CCCCCC(=O)n1nc(OCC(C)C)nc1-c1cccc(Cl)c1. The zero-order valence-corrected chi connectivity index (χ0v) is 15.2. The van der Waals surface area contributed by atoms with Crippen LogP contribution in [0.3, 0.4) is 0 Å². The van der Waals surface area contributed by atoms with Gasteiger partial charge in [-0.25, -0.2) is 0 Å². The van der Waals surface area contributed by atoms with Crippen molar-refractivity contribution in [2.45, 2.75) is 46.5 Å². The average molecular weight is 350 g/mol. The molecule has 24 heavy (non-hydrogen) atoms. The number of carbonyl (C=O) groups is 1. The molecule has 5 nitrogen and oxygen atoms in total. The highest BCUT2D eigenvalue weighted by Crippen LogP contribution is 2.24. The van der Waals surface area contributed by atoms with Crippen molar-refractivity contribution < 1.29 is 9.53 Å². The van der Waals surface area contributed by atoms with Gasteiger partial charge in [0.25, 0.3) is 0 Å². The molecule has 2 rings (SSSR count). The fourth-order valence-corrected chi connectivity index (χ4v) is 2.41. The van der Waals surface area contributed by atoms with Gasteiger partial charge in [-0.3, -0.25) is 4.79 Å². The van der Waals surface area contributed by atoms with E-state index in [0.29, 0.717) is 29.8 Å². The molecule has 1 aromatic heterocycles. The topological polar surface area (TPSA) is 57.0 Å². The molecule has 0 saturated carbocycles. The van der Waals surface area contributed by atoms with Crippen LogP contribution in [0.25, 0.3) is 11.4 Å². The number of rotatable bonds is 8. The zero-order valence-electron chi connectivity index (χ0n) is 14.5. The second-order valence-corrected chi connectivity index (χ2v) is 6.63. The maximum atomic E-state index is 12.5. The number of hydrogen-bond donors (Lipinski definition) is 0. The highest BCUT2D eigenvalue weighted by atomic mass is 35.5. The summed E-state index contributed by atoms with van der Waals surface area (Å²) in [6.07, 6.45) is 3.36. The molecule has 0 bridgehead atoms. The summed E-state index contributed by atoms with van der Waals surface area (Å²) < 4.78 is 6.93. The monoisotopic (exact) mass is 349 g/mol. The molecule has 0 fully saturated rings. The van der Waals surface area contributed by atoms with Crippen LogP contribution in [-0.2, 0) is 0 Å². The van der Waals surface area contributed by atoms with Crippen molar-refractivity contribution >= 4 is 17.5 Å². The van der Waals surface area contributed by atoms with Crippen LogP contribution in [0.15, 0.2) is 24.3 Å². The molecular formula is C18H24ClN3O2. The standard InChI is InChI=1S/C18H24ClN3O2/c1-4-5-6-10-16(23)22-17(14-8-7-9-15(19)11-14)20-18(21-22)24-12-13(2)3/h7-9,11,13H,4-6,10,12H2,1-3H3. The number of unbranched alkanes of at least 4 members (excludes halogenated alkanes) is 2. The molecule has 130 valence electrons. The Morgan fingerprint density at radius 3 is 2.79 bits per heavy atom. The van der Waals surface area contributed by atoms with Crippen LogP contribution in [0.4, 0.5) is 0 Å². The first-order chi connectivity index (χ1) is 11.5. The van der Waals surface area contributed by atoms with E-state index in [2.05, 4.69) is 17.0 Å². The van der Waals surface area contributed by atoms with E-state index in [4.69, 9.17) is 16.3 Å². The summed E-state index contributed by atoms with van der Waals surface area (Å²) >= 11 is 6.06. The van der Waals surface area contributed by atoms with Gasteiger partial charge < -0.3 is 4.74 Å². The molecule has 0 N–H and O–H groups in total. The molecular weight excluding hydrogens is 326 g/mol. The Labute approximate surface area is 148 Å². The summed E-state index contributed by atoms with van der Waals surface area (Å²) in [7, 11) is 0. The summed E-state index contributed by atoms with van der Waals surface area (Å²) in [6.45, 7) is 6.70. The highest BCUT2D eigenvalue weighted by Gasteiger charge is 2.18. The molecule has 0 aliphatic rings. The van der Waals surface area contributed by atoms with Crippen LogP contribution < -0.4 is 4.74 Å². The molecule has 0 amide bonds. The molecule has 0 unspecified atom stereocenters. The van der Waals surface area contributed by atoms with Gasteiger partial charge in [0, 0.05) is 17.0 Å². The second-order valence-electron chi connectivity index (χ2n) is 6.20. The van der Waals surface area contributed by atoms with E-state index in [0.717, 1.165) is 24.8 Å². The lowest BCUT2D eigenvalue weighted by atomic mass is 10.2. The summed E-state index contributed by atoms with van der Waals surface area (Å²) in [6, 6.07) is 7.46. The number of benzene rings is 1. The maximum Gasteiger partial charge on any atom is 0.336 e. The summed E-state index contributed by atoms with van der Waals surface area (Å²) in [4.78, 5) is 16.9. The van der Waals surface area contributed by atoms with Gasteiger partial charge in [0.2, 0.25) is 5.91 Å². The Bertz CT molecular complexity index is 683. The number of nitrogens with zero attached hydrogens (tertiary/aromatic N) is 3. The highest BCUT2D eigenvalue weighted by molar-refractivity contribution is 6.30. The predicted molar refractivity (Wildman–Crippen MR) is 95.6 cm³/mol. The van der Waals surface area contributed by atoms with E-state index in [1.54, 1.807) is 12.1 Å². The van der Waals surface area contributed by atoms with Gasteiger partial charge in [-0.2, -0.15) is 9.67 Å². The first-order valence-electron chi connectivity index (χ1n) is 8.40. The lowest BCUT2D eigenvalue weighted by Crippen LogP contribution is -2.14. The Morgan fingerprint density at radius 2 is 2.12 bits per heavy atom. The Morgan fingerprint density at radius 1 is 1.33 bits per heavy atom. The van der Waals surface area contributed by atoms with Crippen molar-refractivity contribution in [3.05, 3.63) is 29.3 Å². The molecule has 1 aromatic carbocycles. The van der Waals surface area contributed by atoms with Crippen molar-refractivity contribution in [1.29, 1.82) is 0 Å². The van der Waals surface area contributed by atoms with E-state index in [-0.39, 0.29) is 11.9 Å². The Balaban J connectivity index is 2.29. The van der Waals surface area contributed by atoms with Crippen LogP contribution >= 0.6 is 11.6 Å². The predicted octanol–water partition coefficient (Wildman–Crippen LogP) is 4.85. The number of carbonyl (C=O) groups excluding carboxylic acids is 1. The lowest BCUT2D eigenvalue weighted by molar-refractivity contribution is 0.0882. The van der Waals surface area contributed by atoms with E-state index >= 15 is 0 Å². The Hall–Kier alpha value is -1.88. The first kappa shape index (κ1) is 18.5. The smallest absolute Gasteiger partial charge is 0.336 e. The third kappa shape index (κ3) is 5.06. The maximum absolute atomic E-state index is 12.5. The van der Waals surface area contributed by atoms with Crippen LogP contribution in [0.2, 0.25) is 5.02 Å².